The van der Waals surface area contributed by atoms with Crippen molar-refractivity contribution in [2.45, 2.75) is 19.8 Å². The molecule has 2 aromatic rings. The van der Waals surface area contributed by atoms with Crippen molar-refractivity contribution in [3.8, 4) is 11.8 Å². The minimum Gasteiger partial charge on any atom is -0.534 e. The van der Waals surface area contributed by atoms with Crippen molar-refractivity contribution in [3.63, 3.8) is 0 Å². The van der Waals surface area contributed by atoms with E-state index in [4.69, 9.17) is 4.42 Å². The highest BCUT2D eigenvalue weighted by Gasteiger charge is 2.20. The van der Waals surface area contributed by atoms with E-state index in [0.29, 0.717) is 11.3 Å². The zero-order chi connectivity index (χ0) is 16.1. The number of oxazole rings is 1. The summed E-state index contributed by atoms with van der Waals surface area (Å²) >= 11 is 0. The minimum atomic E-state index is -0.610. The molecule has 1 aromatic carbocycles. The molecule has 0 aliphatic carbocycles. The molecule has 0 bridgehead atoms. The molecule has 0 aliphatic rings. The smallest absolute Gasteiger partial charge is 0.366 e. The van der Waals surface area contributed by atoms with Gasteiger partial charge in [0, 0.05) is 17.4 Å². The first-order valence-electron chi connectivity index (χ1n) is 6.67. The fourth-order valence-corrected chi connectivity index (χ4v) is 2.02. The minimum absolute atomic E-state index is 0.209. The third kappa shape index (κ3) is 3.26. The summed E-state index contributed by atoms with van der Waals surface area (Å²) in [5, 5.41) is 0. The SMILES string of the molecule is BOC(=O)C#CC(C)c1ccccc1C(=O)c1ocnc1C. The summed E-state index contributed by atoms with van der Waals surface area (Å²) in [7, 11) is 1.27. The maximum Gasteiger partial charge on any atom is 0.366 e. The van der Waals surface area contributed by atoms with E-state index >= 15 is 0 Å². The molecule has 110 valence electrons. The molecule has 0 N–H and O–H groups in total. The van der Waals surface area contributed by atoms with E-state index in [0.717, 1.165) is 5.56 Å². The summed E-state index contributed by atoms with van der Waals surface area (Å²) in [6.45, 7) is 3.52. The van der Waals surface area contributed by atoms with E-state index in [1.165, 1.54) is 14.4 Å². The molecule has 0 amide bonds. The van der Waals surface area contributed by atoms with Crippen molar-refractivity contribution in [1.29, 1.82) is 0 Å². The van der Waals surface area contributed by atoms with Gasteiger partial charge in [0.1, 0.15) is 0 Å². The number of nitrogens with zero attached hydrogens (tertiary/aromatic N) is 1. The van der Waals surface area contributed by atoms with Gasteiger partial charge < -0.3 is 9.07 Å². The topological polar surface area (TPSA) is 69.4 Å². The molecule has 0 aliphatic heterocycles. The number of benzene rings is 1. The van der Waals surface area contributed by atoms with Gasteiger partial charge in [0.25, 0.3) is 0 Å². The Morgan fingerprint density at radius 1 is 1.36 bits per heavy atom. The highest BCUT2D eigenvalue weighted by molar-refractivity contribution is 6.10. The van der Waals surface area contributed by atoms with E-state index < -0.39 is 5.97 Å². The second kappa shape index (κ2) is 6.77. The van der Waals surface area contributed by atoms with E-state index in [-0.39, 0.29) is 17.5 Å². The zero-order valence-corrected chi connectivity index (χ0v) is 12.5. The van der Waals surface area contributed by atoms with Crippen molar-refractivity contribution >= 4 is 19.8 Å². The van der Waals surface area contributed by atoms with Gasteiger partial charge in [-0.15, -0.1) is 0 Å². The maximum absolute atomic E-state index is 12.6. The molecule has 1 unspecified atom stereocenters. The monoisotopic (exact) mass is 295 g/mol. The number of carbonyl (C=O) groups is 2. The molecule has 0 saturated carbocycles. The van der Waals surface area contributed by atoms with E-state index in [1.807, 2.05) is 13.0 Å². The summed E-state index contributed by atoms with van der Waals surface area (Å²) in [5.74, 6) is 4.21. The first-order valence-corrected chi connectivity index (χ1v) is 6.67. The van der Waals surface area contributed by atoms with Crippen LogP contribution in [-0.4, -0.2) is 24.8 Å². The molecule has 22 heavy (non-hydrogen) atoms. The van der Waals surface area contributed by atoms with Crippen LogP contribution >= 0.6 is 0 Å². The molecular formula is C16H14BNO4. The highest BCUT2D eigenvalue weighted by Crippen LogP contribution is 2.23. The summed E-state index contributed by atoms with van der Waals surface area (Å²) in [5.41, 5.74) is 1.74. The van der Waals surface area contributed by atoms with Gasteiger partial charge >= 0.3 is 14.0 Å². The third-order valence-electron chi connectivity index (χ3n) is 3.20. The van der Waals surface area contributed by atoms with Crippen LogP contribution in [0.25, 0.3) is 0 Å². The quantitative estimate of drug-likeness (QED) is 0.486. The fourth-order valence-electron chi connectivity index (χ4n) is 2.02. The molecule has 5 nitrogen and oxygen atoms in total. The van der Waals surface area contributed by atoms with Crippen molar-refractivity contribution in [3.05, 3.63) is 53.2 Å². The zero-order valence-electron chi connectivity index (χ0n) is 12.5. The Hall–Kier alpha value is -2.81. The van der Waals surface area contributed by atoms with Crippen LogP contribution in [-0.2, 0) is 9.45 Å². The Morgan fingerprint density at radius 3 is 2.73 bits per heavy atom. The molecule has 1 aromatic heterocycles. The summed E-state index contributed by atoms with van der Waals surface area (Å²) in [6, 6.07) is 7.09. The Kier molecular flexibility index (Phi) is 4.79. The second-order valence-corrected chi connectivity index (χ2v) is 4.67. The van der Waals surface area contributed by atoms with E-state index in [2.05, 4.69) is 21.5 Å². The molecule has 0 spiro atoms. The van der Waals surface area contributed by atoms with Crippen molar-refractivity contribution in [2.75, 3.05) is 0 Å². The van der Waals surface area contributed by atoms with Crippen molar-refractivity contribution < 1.29 is 18.7 Å². The van der Waals surface area contributed by atoms with Gasteiger partial charge in [0.15, 0.2) is 12.2 Å². The molecule has 1 atom stereocenters. The molecule has 0 saturated heterocycles. The van der Waals surface area contributed by atoms with Crippen LogP contribution in [0.3, 0.4) is 0 Å². The first kappa shape index (κ1) is 15.6. The lowest BCUT2D eigenvalue weighted by atomic mass is 9.93. The van der Waals surface area contributed by atoms with E-state index in [1.54, 1.807) is 25.1 Å². The van der Waals surface area contributed by atoms with Gasteiger partial charge in [0.2, 0.25) is 5.78 Å². The number of rotatable bonds is 3. The van der Waals surface area contributed by atoms with Gasteiger partial charge in [-0.3, -0.25) is 4.79 Å². The van der Waals surface area contributed by atoms with Gasteiger partial charge in [-0.1, -0.05) is 30.2 Å². The average molecular weight is 295 g/mol. The molecule has 6 heteroatoms. The standard InChI is InChI=1S/C16H14BNO4/c1-10(7-8-14(19)22-17)12-5-3-4-6-13(12)15(20)16-11(2)18-9-21-16/h3-6,9-10H,17H2,1-2H3. The van der Waals surface area contributed by atoms with Crippen molar-refractivity contribution in [1.82, 2.24) is 4.98 Å². The Labute approximate surface area is 129 Å². The van der Waals surface area contributed by atoms with Crippen LogP contribution in [0.4, 0.5) is 0 Å². The lowest BCUT2D eigenvalue weighted by molar-refractivity contribution is -0.127. The molecule has 1 heterocycles. The predicted molar refractivity (Wildman–Crippen MR) is 81.9 cm³/mol. The van der Waals surface area contributed by atoms with Crippen LogP contribution in [0.1, 0.15) is 40.2 Å². The largest absolute Gasteiger partial charge is 0.534 e. The van der Waals surface area contributed by atoms with Crippen LogP contribution in [0, 0.1) is 18.8 Å². The summed E-state index contributed by atoms with van der Waals surface area (Å²) in [6.07, 6.45) is 1.24. The van der Waals surface area contributed by atoms with Crippen LogP contribution in [0.2, 0.25) is 0 Å². The van der Waals surface area contributed by atoms with Crippen LogP contribution < -0.4 is 0 Å². The third-order valence-corrected chi connectivity index (χ3v) is 3.20. The Bertz CT molecular complexity index is 770. The second-order valence-electron chi connectivity index (χ2n) is 4.67. The highest BCUT2D eigenvalue weighted by atomic mass is 16.5. The summed E-state index contributed by atoms with van der Waals surface area (Å²) in [4.78, 5) is 27.6. The van der Waals surface area contributed by atoms with Crippen LogP contribution in [0.15, 0.2) is 35.1 Å². The molecule has 0 fully saturated rings. The van der Waals surface area contributed by atoms with Crippen molar-refractivity contribution in [2.24, 2.45) is 0 Å². The first-order chi connectivity index (χ1) is 10.5. The number of hydrogen-bond donors (Lipinski definition) is 0. The van der Waals surface area contributed by atoms with Gasteiger partial charge in [-0.25, -0.2) is 9.78 Å². The number of aryl methyl sites for hydroxylation is 1. The Balaban J connectivity index is 2.38. The van der Waals surface area contributed by atoms with Crippen LogP contribution in [0.5, 0.6) is 0 Å². The number of carbonyl (C=O) groups excluding carboxylic acids is 2. The molecule has 2 rings (SSSR count). The summed E-state index contributed by atoms with van der Waals surface area (Å²) < 4.78 is 9.65. The fraction of sp³-hybridized carbons (Fsp3) is 0.188. The normalized spacial score (nSPS) is 11.2. The number of ketones is 1. The molecule has 0 radical (unpaired) electrons. The van der Waals surface area contributed by atoms with Gasteiger partial charge in [0.05, 0.1) is 5.69 Å². The maximum atomic E-state index is 12.6. The lowest BCUT2D eigenvalue weighted by Crippen LogP contribution is -2.08. The van der Waals surface area contributed by atoms with Gasteiger partial charge in [-0.2, -0.15) is 0 Å². The Morgan fingerprint density at radius 2 is 2.09 bits per heavy atom. The number of aromatic nitrogens is 1. The van der Waals surface area contributed by atoms with Gasteiger partial charge in [-0.05, 0) is 19.4 Å². The van der Waals surface area contributed by atoms with E-state index in [9.17, 15) is 9.59 Å². The predicted octanol–water partition coefficient (Wildman–Crippen LogP) is 1.41. The number of hydrogen-bond acceptors (Lipinski definition) is 5. The lowest BCUT2D eigenvalue weighted by Gasteiger charge is -2.10. The average Bonchev–Trinajstić information content (AvgIpc) is 2.97. The molecular weight excluding hydrogens is 281 g/mol.